The van der Waals surface area contributed by atoms with Crippen LogP contribution in [0.25, 0.3) is 10.8 Å². The van der Waals surface area contributed by atoms with Gasteiger partial charge in [-0.15, -0.1) is 0 Å². The quantitative estimate of drug-likeness (QED) is 0.564. The van der Waals surface area contributed by atoms with Gasteiger partial charge in [0, 0.05) is 30.1 Å². The number of carbonyl (C=O) groups is 2. The monoisotopic (exact) mass is 447 g/mol. The molecule has 3 rings (SSSR count). The Morgan fingerprint density at radius 2 is 1.94 bits per heavy atom. The van der Waals surface area contributed by atoms with Gasteiger partial charge in [0.25, 0.3) is 0 Å². The Balaban J connectivity index is 1.43. The van der Waals surface area contributed by atoms with Crippen LogP contribution in [-0.4, -0.2) is 42.1 Å². The molecule has 0 unspecified atom stereocenters. The number of likely N-dealkylation sites (N-methyl/N-ethyl adjacent to an activating group) is 1. The minimum atomic E-state index is -0.745. The number of halogens is 3. The number of ether oxygens (including phenoxy) is 1. The summed E-state index contributed by atoms with van der Waals surface area (Å²) in [5.74, 6) is -0.805. The fourth-order valence-electron chi connectivity index (χ4n) is 2.89. The Morgan fingerprint density at radius 3 is 2.74 bits per heavy atom. The van der Waals surface area contributed by atoms with Gasteiger partial charge < -0.3 is 9.64 Å². The maximum Gasteiger partial charge on any atom is 0.412 e. The maximum atomic E-state index is 13.7. The second kappa shape index (κ2) is 10.2. The lowest BCUT2D eigenvalue weighted by Gasteiger charge is -2.17. The van der Waals surface area contributed by atoms with Crippen molar-refractivity contribution in [2.45, 2.75) is 12.8 Å². The third-order valence-corrected chi connectivity index (χ3v) is 4.85. The summed E-state index contributed by atoms with van der Waals surface area (Å²) in [6.45, 7) is 0.127. The molecule has 0 aliphatic heterocycles. The highest BCUT2D eigenvalue weighted by Gasteiger charge is 2.12. The van der Waals surface area contributed by atoms with Crippen molar-refractivity contribution in [3.05, 3.63) is 70.9 Å². The van der Waals surface area contributed by atoms with E-state index < -0.39 is 17.7 Å². The molecule has 1 N–H and O–H groups in total. The van der Waals surface area contributed by atoms with Gasteiger partial charge in [0.2, 0.25) is 5.91 Å². The Hall–Kier alpha value is -3.26. The largest absolute Gasteiger partial charge is 0.447 e. The molecule has 9 heteroatoms. The molecule has 6 nitrogen and oxygen atoms in total. The van der Waals surface area contributed by atoms with Gasteiger partial charge in [-0.05, 0) is 59.8 Å². The van der Waals surface area contributed by atoms with Crippen molar-refractivity contribution in [1.29, 1.82) is 0 Å². The summed E-state index contributed by atoms with van der Waals surface area (Å²) in [5, 5.41) is 4.19. The van der Waals surface area contributed by atoms with Crippen molar-refractivity contribution >= 4 is 40.2 Å². The van der Waals surface area contributed by atoms with Crippen LogP contribution in [0.1, 0.15) is 12.0 Å². The summed E-state index contributed by atoms with van der Waals surface area (Å²) in [6, 6.07) is 9.99. The Bertz CT molecular complexity index is 1110. The maximum absolute atomic E-state index is 13.7. The van der Waals surface area contributed by atoms with Crippen molar-refractivity contribution < 1.29 is 23.1 Å². The summed E-state index contributed by atoms with van der Waals surface area (Å²) in [7, 11) is 1.57. The number of hydrogen-bond acceptors (Lipinski definition) is 4. The number of fused-ring (bicyclic) bond motifs is 1. The van der Waals surface area contributed by atoms with Crippen LogP contribution in [0.15, 0.2) is 48.7 Å². The minimum absolute atomic E-state index is 0.0399. The van der Waals surface area contributed by atoms with Crippen LogP contribution < -0.4 is 5.32 Å². The van der Waals surface area contributed by atoms with Gasteiger partial charge in [0.1, 0.15) is 24.1 Å². The highest BCUT2D eigenvalue weighted by atomic mass is 35.5. The van der Waals surface area contributed by atoms with Gasteiger partial charge in [-0.2, -0.15) is 0 Å². The second-order valence-electron chi connectivity index (χ2n) is 6.87. The molecule has 0 radical (unpaired) electrons. The van der Waals surface area contributed by atoms with Crippen LogP contribution in [0.3, 0.4) is 0 Å². The Labute approximate surface area is 182 Å². The number of aromatic nitrogens is 1. The fraction of sp³-hybridized carbons (Fsp3) is 0.227. The number of benzene rings is 2. The lowest BCUT2D eigenvalue weighted by Crippen LogP contribution is -2.31. The molecule has 0 atom stereocenters. The molecule has 0 saturated carbocycles. The van der Waals surface area contributed by atoms with E-state index in [2.05, 4.69) is 10.3 Å². The zero-order chi connectivity index (χ0) is 22.4. The topological polar surface area (TPSA) is 71.5 Å². The molecule has 0 saturated heterocycles. The number of hydrogen-bond donors (Lipinski definition) is 1. The van der Waals surface area contributed by atoms with Gasteiger partial charge in [0.15, 0.2) is 0 Å². The first kappa shape index (κ1) is 22.4. The summed E-state index contributed by atoms with van der Waals surface area (Å²) in [6.07, 6.45) is 1.08. The number of carbonyl (C=O) groups excluding carboxylic acids is 2. The molecule has 162 valence electrons. The Kier molecular flexibility index (Phi) is 7.36. The number of amides is 2. The van der Waals surface area contributed by atoms with Crippen LogP contribution in [0, 0.1) is 11.6 Å². The summed E-state index contributed by atoms with van der Waals surface area (Å²) >= 11 is 5.85. The normalized spacial score (nSPS) is 10.7. The van der Waals surface area contributed by atoms with E-state index in [9.17, 15) is 18.4 Å². The number of pyridine rings is 1. The fourth-order valence-corrected chi connectivity index (χ4v) is 3.08. The summed E-state index contributed by atoms with van der Waals surface area (Å²) < 4.78 is 32.1. The minimum Gasteiger partial charge on any atom is -0.447 e. The molecular weight excluding hydrogens is 428 g/mol. The van der Waals surface area contributed by atoms with E-state index >= 15 is 0 Å². The first-order valence-corrected chi connectivity index (χ1v) is 9.86. The van der Waals surface area contributed by atoms with Crippen molar-refractivity contribution in [3.63, 3.8) is 0 Å². The van der Waals surface area contributed by atoms with Crippen molar-refractivity contribution in [2.24, 2.45) is 0 Å². The molecule has 0 aliphatic carbocycles. The first-order chi connectivity index (χ1) is 14.8. The molecule has 0 bridgehead atoms. The standard InChI is InChI=1S/C22H20ClF2N3O3/c1-28(21(29)7-3-14-10-17(23)4-6-19(14)25)8-9-31-22(30)27-20-12-16-11-18(24)5-2-15(16)13-26-20/h2,4-6,10-13H,3,7-9H2,1H3,(H,26,27,30). The molecule has 2 amide bonds. The molecule has 3 aromatic rings. The number of rotatable bonds is 7. The summed E-state index contributed by atoms with van der Waals surface area (Å²) in [4.78, 5) is 29.6. The average molecular weight is 448 g/mol. The second-order valence-corrected chi connectivity index (χ2v) is 7.31. The van der Waals surface area contributed by atoms with Crippen LogP contribution in [-0.2, 0) is 16.0 Å². The lowest BCUT2D eigenvalue weighted by molar-refractivity contribution is -0.130. The van der Waals surface area contributed by atoms with Gasteiger partial charge in [-0.1, -0.05) is 11.6 Å². The van der Waals surface area contributed by atoms with Crippen LogP contribution in [0.2, 0.25) is 5.02 Å². The van der Waals surface area contributed by atoms with Crippen LogP contribution in [0.4, 0.5) is 19.4 Å². The molecule has 0 spiro atoms. The van der Waals surface area contributed by atoms with E-state index in [4.69, 9.17) is 16.3 Å². The molecule has 1 aromatic heterocycles. The van der Waals surface area contributed by atoms with E-state index in [0.717, 1.165) is 5.39 Å². The number of nitrogens with one attached hydrogen (secondary N) is 1. The van der Waals surface area contributed by atoms with E-state index in [1.54, 1.807) is 13.1 Å². The predicted octanol–water partition coefficient (Wildman–Crippen LogP) is 4.81. The van der Waals surface area contributed by atoms with Gasteiger partial charge >= 0.3 is 6.09 Å². The third kappa shape index (κ3) is 6.36. The van der Waals surface area contributed by atoms with E-state index in [1.165, 1.54) is 47.5 Å². The van der Waals surface area contributed by atoms with E-state index in [-0.39, 0.29) is 37.7 Å². The van der Waals surface area contributed by atoms with Crippen molar-refractivity contribution in [2.75, 3.05) is 25.5 Å². The molecule has 31 heavy (non-hydrogen) atoms. The molecule has 1 heterocycles. The zero-order valence-electron chi connectivity index (χ0n) is 16.7. The lowest BCUT2D eigenvalue weighted by atomic mass is 10.1. The number of nitrogens with zero attached hydrogens (tertiary/aromatic N) is 2. The van der Waals surface area contributed by atoms with Crippen LogP contribution in [0.5, 0.6) is 0 Å². The highest BCUT2D eigenvalue weighted by molar-refractivity contribution is 6.30. The third-order valence-electron chi connectivity index (χ3n) is 4.62. The Morgan fingerprint density at radius 1 is 1.13 bits per heavy atom. The number of anilines is 1. The van der Waals surface area contributed by atoms with E-state index in [1.807, 2.05) is 0 Å². The first-order valence-electron chi connectivity index (χ1n) is 9.49. The molecule has 0 fully saturated rings. The molecular formula is C22H20ClF2N3O3. The molecule has 0 aliphatic rings. The number of aryl methyl sites for hydroxylation is 1. The van der Waals surface area contributed by atoms with Crippen molar-refractivity contribution in [1.82, 2.24) is 9.88 Å². The van der Waals surface area contributed by atoms with Crippen LogP contribution >= 0.6 is 11.6 Å². The summed E-state index contributed by atoms with van der Waals surface area (Å²) in [5.41, 5.74) is 0.368. The van der Waals surface area contributed by atoms with Gasteiger partial charge in [0.05, 0.1) is 6.54 Å². The van der Waals surface area contributed by atoms with Gasteiger partial charge in [-0.25, -0.2) is 18.6 Å². The molecule has 2 aromatic carbocycles. The SMILES string of the molecule is CN(CCOC(=O)Nc1cc2cc(F)ccc2cn1)C(=O)CCc1cc(Cl)ccc1F. The zero-order valence-corrected chi connectivity index (χ0v) is 17.5. The highest BCUT2D eigenvalue weighted by Crippen LogP contribution is 2.18. The smallest absolute Gasteiger partial charge is 0.412 e. The van der Waals surface area contributed by atoms with Crippen molar-refractivity contribution in [3.8, 4) is 0 Å². The van der Waals surface area contributed by atoms with E-state index in [0.29, 0.717) is 16.0 Å². The predicted molar refractivity (Wildman–Crippen MR) is 114 cm³/mol. The average Bonchev–Trinajstić information content (AvgIpc) is 2.73. The van der Waals surface area contributed by atoms with Gasteiger partial charge in [-0.3, -0.25) is 10.1 Å².